The minimum atomic E-state index is -3.14. The van der Waals surface area contributed by atoms with Gasteiger partial charge in [-0.1, -0.05) is 160 Å². The van der Waals surface area contributed by atoms with Gasteiger partial charge in [-0.3, -0.25) is 0 Å². The molecule has 0 N–H and O–H groups in total. The molecule has 0 spiro atoms. The van der Waals surface area contributed by atoms with E-state index in [1.165, 1.54) is 72.8 Å². The molecular weight excluding hydrogens is 613 g/mol. The number of fused-ring (bicyclic) bond motifs is 4. The van der Waals surface area contributed by atoms with E-state index in [-0.39, 0.29) is 78.6 Å². The lowest BCUT2D eigenvalue weighted by molar-refractivity contribution is 0.419. The van der Waals surface area contributed by atoms with Crippen LogP contribution in [0.3, 0.4) is 0 Å². The SMILES string of the molecule is [2H]C([2H])([2H])c1ccc([Si](C)(C)c2ccc(C([2H])([2H])[2H])c(-c3cccc4c3Oc3ccccc3C4(C([2H])([2H])[2H])C([2H])([2H])[2H])c2)cc1-c1cccc2c1Oc1ccccc1C2(C([2H])([2H])[2H])C([2H])([2H])[2H]. The number of rotatable bonds is 4. The monoisotopic (exact) mass is 674 g/mol. The van der Waals surface area contributed by atoms with E-state index in [4.69, 9.17) is 34.1 Å². The zero-order valence-electron chi connectivity index (χ0n) is 44.9. The fourth-order valence-corrected chi connectivity index (χ4v) is 9.37. The molecule has 0 bridgehead atoms. The van der Waals surface area contributed by atoms with Gasteiger partial charge in [0.2, 0.25) is 0 Å². The highest BCUT2D eigenvalue weighted by Gasteiger charge is 2.37. The van der Waals surface area contributed by atoms with Gasteiger partial charge in [0.05, 0.1) is 0 Å². The second kappa shape index (κ2) is 11.1. The molecule has 2 aliphatic rings. The van der Waals surface area contributed by atoms with Gasteiger partial charge in [-0.05, 0) is 48.1 Å². The van der Waals surface area contributed by atoms with Crippen LogP contribution in [0.1, 0.15) is 85.5 Å². The number of para-hydroxylation sites is 4. The van der Waals surface area contributed by atoms with Crippen molar-refractivity contribution in [3.63, 3.8) is 0 Å². The predicted octanol–water partition coefficient (Wildman–Crippen LogP) is 11.3. The van der Waals surface area contributed by atoms with E-state index < -0.39 is 60.0 Å². The maximum atomic E-state index is 8.75. The van der Waals surface area contributed by atoms with Crippen molar-refractivity contribution in [2.24, 2.45) is 0 Å². The lowest BCUT2D eigenvalue weighted by atomic mass is 9.74. The van der Waals surface area contributed by atoms with Crippen molar-refractivity contribution in [2.45, 2.75) is 65.0 Å². The first-order chi connectivity index (χ1) is 30.8. The molecule has 2 heterocycles. The Morgan fingerprint density at radius 2 is 0.898 bits per heavy atom. The minimum Gasteiger partial charge on any atom is -0.456 e. The minimum absolute atomic E-state index is 0.0107. The summed E-state index contributed by atoms with van der Waals surface area (Å²) in [6.45, 7) is -14.1. The summed E-state index contributed by atoms with van der Waals surface area (Å²) in [6, 6.07) is 30.4. The average molecular weight is 675 g/mol. The van der Waals surface area contributed by atoms with Crippen molar-refractivity contribution in [3.8, 4) is 45.3 Å². The van der Waals surface area contributed by atoms with E-state index in [1.54, 1.807) is 48.5 Å². The standard InChI is InChI=1S/C46H44O2Si/c1-29-23-25-31(27-35(29)33-15-13-19-39-43(33)47-41-21-11-9-17-37(41)45(39,3)4)49(7,8)32-26-24-30(2)36(28-32)34-16-14-20-40-44(34)48-42-22-12-10-18-38(42)46(40,5)6/h9-28H,1-8H3/i1D3,2D3,3D3,4D3,5D3,6D3. The Hall–Kier alpha value is -4.86. The van der Waals surface area contributed by atoms with Gasteiger partial charge < -0.3 is 9.47 Å². The molecule has 0 amide bonds. The number of benzene rings is 6. The second-order valence-electron chi connectivity index (χ2n) is 13.2. The first-order valence-corrected chi connectivity index (χ1v) is 18.9. The summed E-state index contributed by atoms with van der Waals surface area (Å²) in [7, 11) is -3.12. The zero-order chi connectivity index (χ0) is 49.3. The Morgan fingerprint density at radius 3 is 1.33 bits per heavy atom. The molecule has 0 atom stereocenters. The molecule has 3 heteroatoms. The first-order valence-electron chi connectivity index (χ1n) is 24.9. The molecule has 2 aliphatic heterocycles. The fraction of sp³-hybridized carbons (Fsp3) is 0.217. The van der Waals surface area contributed by atoms with Crippen molar-refractivity contribution in [2.75, 3.05) is 0 Å². The van der Waals surface area contributed by atoms with Gasteiger partial charge in [0.1, 0.15) is 31.1 Å². The molecule has 8 rings (SSSR count). The molecule has 0 aliphatic carbocycles. The van der Waals surface area contributed by atoms with Crippen LogP contribution < -0.4 is 19.8 Å². The van der Waals surface area contributed by atoms with Gasteiger partial charge >= 0.3 is 0 Å². The van der Waals surface area contributed by atoms with Crippen LogP contribution in [0.25, 0.3) is 22.3 Å². The van der Waals surface area contributed by atoms with Crippen molar-refractivity contribution in [3.05, 3.63) is 155 Å². The van der Waals surface area contributed by atoms with Crippen molar-refractivity contribution in [1.82, 2.24) is 0 Å². The summed E-state index contributed by atoms with van der Waals surface area (Å²) in [6.07, 6.45) is 0. The van der Waals surface area contributed by atoms with Gasteiger partial charge in [-0.2, -0.15) is 0 Å². The van der Waals surface area contributed by atoms with Crippen LogP contribution >= 0.6 is 0 Å². The maximum Gasteiger partial charge on any atom is 0.139 e. The van der Waals surface area contributed by atoms with Crippen LogP contribution in [0, 0.1) is 13.7 Å². The van der Waals surface area contributed by atoms with Crippen LogP contribution in [0.4, 0.5) is 0 Å². The van der Waals surface area contributed by atoms with E-state index in [0.717, 1.165) is 0 Å². The summed E-state index contributed by atoms with van der Waals surface area (Å²) >= 11 is 0. The number of aryl methyl sites for hydroxylation is 2. The van der Waals surface area contributed by atoms with Crippen LogP contribution in [0.15, 0.2) is 121 Å². The van der Waals surface area contributed by atoms with Crippen LogP contribution in [-0.2, 0) is 10.8 Å². The van der Waals surface area contributed by atoms with Gasteiger partial charge in [0.15, 0.2) is 0 Å². The molecular formula is C46H44O2Si. The first kappa shape index (κ1) is 17.2. The average Bonchev–Trinajstić information content (AvgIpc) is 3.21. The maximum absolute atomic E-state index is 8.75. The molecule has 0 fully saturated rings. The van der Waals surface area contributed by atoms with Crippen LogP contribution in [0.2, 0.25) is 13.1 Å². The van der Waals surface area contributed by atoms with E-state index >= 15 is 0 Å². The molecule has 0 saturated heterocycles. The topological polar surface area (TPSA) is 18.5 Å². The summed E-state index contributed by atoms with van der Waals surface area (Å²) < 4.78 is 169. The third-order valence-electron chi connectivity index (χ3n) is 9.91. The third kappa shape index (κ3) is 4.81. The predicted molar refractivity (Wildman–Crippen MR) is 207 cm³/mol. The fourth-order valence-electron chi connectivity index (χ4n) is 7.03. The van der Waals surface area contributed by atoms with Gasteiger partial charge in [-0.15, -0.1) is 0 Å². The number of hydrogen-bond acceptors (Lipinski definition) is 2. The highest BCUT2D eigenvalue weighted by Crippen LogP contribution is 2.52. The molecule has 0 saturated carbocycles. The molecule has 6 aromatic rings. The quantitative estimate of drug-likeness (QED) is 0.173. The van der Waals surface area contributed by atoms with E-state index in [0.29, 0.717) is 10.4 Å². The lowest BCUT2D eigenvalue weighted by Crippen LogP contribution is -2.53. The van der Waals surface area contributed by atoms with Crippen LogP contribution in [-0.4, -0.2) is 8.07 Å². The van der Waals surface area contributed by atoms with Crippen molar-refractivity contribution in [1.29, 1.82) is 0 Å². The van der Waals surface area contributed by atoms with Gasteiger partial charge in [-0.25, -0.2) is 0 Å². The van der Waals surface area contributed by atoms with E-state index in [9.17, 15) is 0 Å². The molecule has 244 valence electrons. The molecule has 0 radical (unpaired) electrons. The molecule has 2 nitrogen and oxygen atoms in total. The lowest BCUT2D eigenvalue weighted by Gasteiger charge is -2.36. The van der Waals surface area contributed by atoms with Gasteiger partial charge in [0.25, 0.3) is 0 Å². The van der Waals surface area contributed by atoms with Crippen molar-refractivity contribution >= 4 is 18.4 Å². The highest BCUT2D eigenvalue weighted by atomic mass is 28.3. The Balaban J connectivity index is 1.36. The number of ether oxygens (including phenoxy) is 2. The van der Waals surface area contributed by atoms with E-state index in [1.807, 2.05) is 13.1 Å². The summed E-state index contributed by atoms with van der Waals surface area (Å²) in [5.74, 6) is -0.271. The number of hydrogen-bond donors (Lipinski definition) is 0. The summed E-state index contributed by atoms with van der Waals surface area (Å²) in [4.78, 5) is 0. The Morgan fingerprint density at radius 1 is 0.469 bits per heavy atom. The second-order valence-corrected chi connectivity index (χ2v) is 17.6. The summed E-state index contributed by atoms with van der Waals surface area (Å²) in [5, 5.41) is 1.28. The summed E-state index contributed by atoms with van der Waals surface area (Å²) in [5.41, 5.74) is -5.28. The zero-order valence-corrected chi connectivity index (χ0v) is 27.9. The molecule has 0 unspecified atom stereocenters. The smallest absolute Gasteiger partial charge is 0.139 e. The van der Waals surface area contributed by atoms with Crippen molar-refractivity contribution < 1.29 is 34.1 Å². The highest BCUT2D eigenvalue weighted by molar-refractivity contribution is 7.00. The van der Waals surface area contributed by atoms with E-state index in [2.05, 4.69) is 0 Å². The Kier molecular flexibility index (Phi) is 3.89. The van der Waals surface area contributed by atoms with Crippen LogP contribution in [0.5, 0.6) is 23.0 Å². The Bertz CT molecular complexity index is 2710. The largest absolute Gasteiger partial charge is 0.456 e. The molecule has 6 aromatic carbocycles. The Labute approximate surface area is 317 Å². The normalized spacial score (nSPS) is 22.2. The van der Waals surface area contributed by atoms with Gasteiger partial charge in [0, 0.05) is 68.9 Å². The third-order valence-corrected chi connectivity index (χ3v) is 13.4. The molecule has 0 aromatic heterocycles. The molecule has 49 heavy (non-hydrogen) atoms.